The number of fused-ring (bicyclic) bond motifs is 1. The largest absolute Gasteiger partial charge is 0.309 e. The van der Waals surface area contributed by atoms with Crippen LogP contribution in [0.1, 0.15) is 0 Å². The Kier molecular flexibility index (Phi) is 7.63. The summed E-state index contributed by atoms with van der Waals surface area (Å²) in [4.78, 5) is 2.46. The van der Waals surface area contributed by atoms with Gasteiger partial charge in [-0.1, -0.05) is 176 Å². The predicted molar refractivity (Wildman–Crippen MR) is 200 cm³/mol. The van der Waals surface area contributed by atoms with Crippen LogP contribution in [-0.4, -0.2) is 0 Å². The summed E-state index contributed by atoms with van der Waals surface area (Å²) in [7, 11) is 0. The maximum atomic E-state index is 2.46. The fourth-order valence-corrected chi connectivity index (χ4v) is 6.70. The Bertz CT molecular complexity index is 2280. The van der Waals surface area contributed by atoms with E-state index < -0.39 is 0 Å². The van der Waals surface area contributed by atoms with E-state index in [0.717, 1.165) is 17.1 Å². The molecule has 8 rings (SSSR count). The lowest BCUT2D eigenvalue weighted by atomic mass is 9.87. The smallest absolute Gasteiger partial charge is 0.0546 e. The number of benzene rings is 8. The van der Waals surface area contributed by atoms with E-state index in [1.165, 1.54) is 55.3 Å². The van der Waals surface area contributed by atoms with Crippen LogP contribution in [0.4, 0.5) is 17.1 Å². The van der Waals surface area contributed by atoms with Gasteiger partial charge in [-0.05, 0) is 68.6 Å². The van der Waals surface area contributed by atoms with Crippen molar-refractivity contribution >= 4 is 27.8 Å². The molecule has 0 N–H and O–H groups in total. The van der Waals surface area contributed by atoms with E-state index in [-0.39, 0.29) is 0 Å². The summed E-state index contributed by atoms with van der Waals surface area (Å²) in [5.41, 5.74) is 12.9. The third-order valence-electron chi connectivity index (χ3n) is 8.87. The van der Waals surface area contributed by atoms with Crippen molar-refractivity contribution in [2.24, 2.45) is 0 Å². The van der Waals surface area contributed by atoms with Crippen molar-refractivity contribution in [1.29, 1.82) is 0 Å². The van der Waals surface area contributed by atoms with Gasteiger partial charge in [0.2, 0.25) is 0 Å². The third kappa shape index (κ3) is 5.49. The Morgan fingerprint density at radius 2 is 0.787 bits per heavy atom. The lowest BCUT2D eigenvalue weighted by molar-refractivity contribution is 1.30. The molecule has 0 aliphatic rings. The molecule has 0 spiro atoms. The Morgan fingerprint density at radius 3 is 1.53 bits per heavy atom. The van der Waals surface area contributed by atoms with E-state index in [2.05, 4.69) is 205 Å². The average molecular weight is 600 g/mol. The van der Waals surface area contributed by atoms with Crippen molar-refractivity contribution in [3.8, 4) is 44.5 Å². The number of hydrogen-bond donors (Lipinski definition) is 0. The molecule has 222 valence electrons. The fraction of sp³-hybridized carbons (Fsp3) is 0. The molecule has 0 amide bonds. The van der Waals surface area contributed by atoms with Crippen LogP contribution in [0.15, 0.2) is 200 Å². The molecule has 0 radical (unpaired) electrons. The monoisotopic (exact) mass is 599 g/mol. The minimum atomic E-state index is 1.10. The highest BCUT2D eigenvalue weighted by molar-refractivity contribution is 6.05. The minimum Gasteiger partial charge on any atom is -0.309 e. The second-order valence-electron chi connectivity index (χ2n) is 11.7. The Hall–Kier alpha value is -6.18. The molecule has 0 saturated heterocycles. The number of hydrogen-bond acceptors (Lipinski definition) is 1. The summed E-state index contributed by atoms with van der Waals surface area (Å²) in [6.45, 7) is 0. The first-order valence-corrected chi connectivity index (χ1v) is 16.1. The highest BCUT2D eigenvalue weighted by atomic mass is 15.1. The van der Waals surface area contributed by atoms with Crippen molar-refractivity contribution < 1.29 is 0 Å². The molecule has 1 nitrogen and oxygen atoms in total. The second kappa shape index (κ2) is 12.7. The van der Waals surface area contributed by atoms with Gasteiger partial charge in [0.1, 0.15) is 0 Å². The average Bonchev–Trinajstić information content (AvgIpc) is 3.16. The van der Waals surface area contributed by atoms with Crippen LogP contribution < -0.4 is 4.90 Å². The van der Waals surface area contributed by atoms with Crippen LogP contribution in [0.25, 0.3) is 55.3 Å². The van der Waals surface area contributed by atoms with Crippen molar-refractivity contribution in [2.75, 3.05) is 4.90 Å². The maximum Gasteiger partial charge on any atom is 0.0546 e. The van der Waals surface area contributed by atoms with Crippen LogP contribution in [0.3, 0.4) is 0 Å². The lowest BCUT2D eigenvalue weighted by Gasteiger charge is -2.31. The van der Waals surface area contributed by atoms with E-state index in [1.54, 1.807) is 0 Å². The normalized spacial score (nSPS) is 11.0. The molecule has 0 aromatic heterocycles. The molecule has 47 heavy (non-hydrogen) atoms. The Labute approximate surface area is 276 Å². The van der Waals surface area contributed by atoms with Crippen molar-refractivity contribution in [3.05, 3.63) is 200 Å². The Balaban J connectivity index is 1.47. The van der Waals surface area contributed by atoms with Crippen LogP contribution in [0.5, 0.6) is 0 Å². The molecular weight excluding hydrogens is 567 g/mol. The molecule has 0 aliphatic carbocycles. The molecule has 0 heterocycles. The topological polar surface area (TPSA) is 3.24 Å². The first kappa shape index (κ1) is 28.3. The van der Waals surface area contributed by atoms with Crippen molar-refractivity contribution in [3.63, 3.8) is 0 Å². The zero-order valence-electron chi connectivity index (χ0n) is 26.0. The molecule has 0 atom stereocenters. The summed E-state index contributed by atoms with van der Waals surface area (Å²) in [5.74, 6) is 0. The number of rotatable bonds is 7. The molecule has 8 aromatic rings. The van der Waals surface area contributed by atoms with Crippen molar-refractivity contribution in [1.82, 2.24) is 0 Å². The Morgan fingerprint density at radius 1 is 0.298 bits per heavy atom. The quantitative estimate of drug-likeness (QED) is 0.176. The van der Waals surface area contributed by atoms with Gasteiger partial charge in [0.25, 0.3) is 0 Å². The lowest BCUT2D eigenvalue weighted by Crippen LogP contribution is -2.12. The summed E-state index contributed by atoms with van der Waals surface area (Å²) in [6, 6.07) is 71.9. The molecule has 1 heteroatoms. The van der Waals surface area contributed by atoms with Crippen LogP contribution in [0.2, 0.25) is 0 Å². The SMILES string of the molecule is c1ccc(-c2cccc(N(c3cccc(-c4ccccc4)c3-c3ccccc3-c3ccccc3)c3cccc4ccccc34)c2)cc1. The second-order valence-corrected chi connectivity index (χ2v) is 11.7. The van der Waals surface area contributed by atoms with E-state index in [0.29, 0.717) is 0 Å². The zero-order chi connectivity index (χ0) is 31.4. The predicted octanol–water partition coefficient (Wildman–Crippen LogP) is 13.0. The number of nitrogens with zero attached hydrogens (tertiary/aromatic N) is 1. The third-order valence-corrected chi connectivity index (χ3v) is 8.87. The standard InChI is InChI=1S/C46H33N/c1-4-17-34(18-5-1)38-25-14-26-39(33-38)47(44-31-15-24-36-23-10-11-28-41(36)44)45-32-16-30-42(37-21-8-3-9-22-37)46(45)43-29-13-12-27-40(43)35-19-6-2-7-20-35/h1-33H. The van der Waals surface area contributed by atoms with Gasteiger partial charge in [-0.15, -0.1) is 0 Å². The van der Waals surface area contributed by atoms with Gasteiger partial charge in [0, 0.05) is 16.6 Å². The summed E-state index contributed by atoms with van der Waals surface area (Å²) in [5, 5.41) is 2.41. The van der Waals surface area contributed by atoms with Gasteiger partial charge in [-0.2, -0.15) is 0 Å². The highest BCUT2D eigenvalue weighted by Crippen LogP contribution is 2.49. The van der Waals surface area contributed by atoms with Gasteiger partial charge >= 0.3 is 0 Å². The van der Waals surface area contributed by atoms with E-state index in [1.807, 2.05) is 0 Å². The van der Waals surface area contributed by atoms with Crippen LogP contribution in [-0.2, 0) is 0 Å². The molecule has 0 aliphatic heterocycles. The highest BCUT2D eigenvalue weighted by Gasteiger charge is 2.23. The van der Waals surface area contributed by atoms with E-state index >= 15 is 0 Å². The summed E-state index contributed by atoms with van der Waals surface area (Å²) in [6.07, 6.45) is 0. The van der Waals surface area contributed by atoms with Gasteiger partial charge in [-0.25, -0.2) is 0 Å². The summed E-state index contributed by atoms with van der Waals surface area (Å²) < 4.78 is 0. The summed E-state index contributed by atoms with van der Waals surface area (Å²) >= 11 is 0. The van der Waals surface area contributed by atoms with Crippen LogP contribution in [0, 0.1) is 0 Å². The number of anilines is 3. The minimum absolute atomic E-state index is 1.10. The van der Waals surface area contributed by atoms with Gasteiger partial charge < -0.3 is 4.90 Å². The first-order chi connectivity index (χ1) is 23.3. The molecular formula is C46H33N. The molecule has 0 saturated carbocycles. The molecule has 0 unspecified atom stereocenters. The van der Waals surface area contributed by atoms with E-state index in [4.69, 9.17) is 0 Å². The van der Waals surface area contributed by atoms with E-state index in [9.17, 15) is 0 Å². The van der Waals surface area contributed by atoms with Gasteiger partial charge in [-0.3, -0.25) is 0 Å². The molecule has 8 aromatic carbocycles. The maximum absolute atomic E-state index is 2.46. The van der Waals surface area contributed by atoms with Gasteiger partial charge in [0.05, 0.1) is 11.4 Å². The first-order valence-electron chi connectivity index (χ1n) is 16.1. The fourth-order valence-electron chi connectivity index (χ4n) is 6.70. The van der Waals surface area contributed by atoms with Crippen molar-refractivity contribution in [2.45, 2.75) is 0 Å². The zero-order valence-corrected chi connectivity index (χ0v) is 26.0. The molecule has 0 fully saturated rings. The van der Waals surface area contributed by atoms with Crippen LogP contribution >= 0.6 is 0 Å². The van der Waals surface area contributed by atoms with Gasteiger partial charge in [0.15, 0.2) is 0 Å². The molecule has 0 bridgehead atoms.